The zero-order chi connectivity index (χ0) is 11.5. The van der Waals surface area contributed by atoms with Gasteiger partial charge in [0.25, 0.3) is 0 Å². The van der Waals surface area contributed by atoms with Crippen molar-refractivity contribution < 1.29 is 4.39 Å². The molecule has 16 heavy (non-hydrogen) atoms. The van der Waals surface area contributed by atoms with Crippen molar-refractivity contribution in [3.05, 3.63) is 28.0 Å². The highest BCUT2D eigenvalue weighted by Crippen LogP contribution is 2.28. The van der Waals surface area contributed by atoms with Crippen molar-refractivity contribution >= 4 is 28.9 Å². The molecule has 0 aliphatic carbocycles. The van der Waals surface area contributed by atoms with Crippen molar-refractivity contribution in [3.63, 3.8) is 0 Å². The summed E-state index contributed by atoms with van der Waals surface area (Å²) in [7, 11) is 0. The summed E-state index contributed by atoms with van der Waals surface area (Å²) in [4.78, 5) is 0. The van der Waals surface area contributed by atoms with Crippen molar-refractivity contribution in [2.24, 2.45) is 0 Å². The van der Waals surface area contributed by atoms with E-state index in [1.807, 2.05) is 0 Å². The average Bonchev–Trinajstić information content (AvgIpc) is 2.27. The van der Waals surface area contributed by atoms with Gasteiger partial charge in [0.15, 0.2) is 5.82 Å². The molecule has 0 atom stereocenters. The van der Waals surface area contributed by atoms with Crippen molar-refractivity contribution in [1.29, 1.82) is 0 Å². The summed E-state index contributed by atoms with van der Waals surface area (Å²) >= 11 is 11.5. The second-order valence-corrected chi connectivity index (χ2v) is 4.74. The lowest BCUT2D eigenvalue weighted by atomic mass is 10.1. The minimum absolute atomic E-state index is 0.0592. The maximum absolute atomic E-state index is 13.2. The smallest absolute Gasteiger partial charge is 0.160 e. The Morgan fingerprint density at radius 2 is 1.75 bits per heavy atom. The summed E-state index contributed by atoms with van der Waals surface area (Å²) in [6.45, 7) is 2.00. The molecule has 0 aromatic heterocycles. The molecule has 1 saturated heterocycles. The molecule has 1 fully saturated rings. The van der Waals surface area contributed by atoms with Crippen LogP contribution in [0.5, 0.6) is 0 Å². The number of hydrogen-bond donors (Lipinski definition) is 2. The zero-order valence-corrected chi connectivity index (χ0v) is 10.2. The Labute approximate surface area is 104 Å². The van der Waals surface area contributed by atoms with Gasteiger partial charge in [0.2, 0.25) is 0 Å². The van der Waals surface area contributed by atoms with Crippen LogP contribution in [0, 0.1) is 5.82 Å². The van der Waals surface area contributed by atoms with Crippen LogP contribution < -0.4 is 10.6 Å². The van der Waals surface area contributed by atoms with Crippen LogP contribution in [0.2, 0.25) is 10.0 Å². The van der Waals surface area contributed by atoms with Gasteiger partial charge in [-0.25, -0.2) is 4.39 Å². The van der Waals surface area contributed by atoms with Gasteiger partial charge in [0.1, 0.15) is 0 Å². The Morgan fingerprint density at radius 1 is 1.19 bits per heavy atom. The Hall–Kier alpha value is -0.510. The summed E-state index contributed by atoms with van der Waals surface area (Å²) in [5.74, 6) is -0.556. The first kappa shape index (κ1) is 12.0. The van der Waals surface area contributed by atoms with Crippen LogP contribution in [0.4, 0.5) is 10.1 Å². The lowest BCUT2D eigenvalue weighted by molar-refractivity contribution is 0.479. The van der Waals surface area contributed by atoms with Crippen LogP contribution >= 0.6 is 23.2 Å². The number of benzene rings is 1. The van der Waals surface area contributed by atoms with Crippen molar-refractivity contribution in [1.82, 2.24) is 5.32 Å². The molecule has 1 aliphatic rings. The number of rotatable bonds is 2. The van der Waals surface area contributed by atoms with E-state index < -0.39 is 5.82 Å². The molecule has 0 unspecified atom stereocenters. The Morgan fingerprint density at radius 3 is 2.31 bits per heavy atom. The number of hydrogen-bond acceptors (Lipinski definition) is 2. The highest BCUT2D eigenvalue weighted by atomic mass is 35.5. The summed E-state index contributed by atoms with van der Waals surface area (Å²) in [6, 6.07) is 3.55. The lowest BCUT2D eigenvalue weighted by Gasteiger charge is -2.24. The molecule has 0 radical (unpaired) electrons. The minimum Gasteiger partial charge on any atom is -0.382 e. The van der Waals surface area contributed by atoms with Crippen LogP contribution in [0.3, 0.4) is 0 Å². The normalized spacial score (nSPS) is 17.4. The number of halogens is 3. The van der Waals surface area contributed by atoms with Crippen molar-refractivity contribution in [2.45, 2.75) is 18.9 Å². The predicted molar refractivity (Wildman–Crippen MR) is 65.9 cm³/mol. The molecule has 0 amide bonds. The maximum atomic E-state index is 13.2. The van der Waals surface area contributed by atoms with E-state index in [2.05, 4.69) is 10.6 Å². The van der Waals surface area contributed by atoms with Gasteiger partial charge in [-0.1, -0.05) is 23.2 Å². The zero-order valence-electron chi connectivity index (χ0n) is 8.69. The lowest BCUT2D eigenvalue weighted by Crippen LogP contribution is -2.35. The largest absolute Gasteiger partial charge is 0.382 e. The number of nitrogens with one attached hydrogen (secondary N) is 2. The van der Waals surface area contributed by atoms with Crippen molar-refractivity contribution in [2.75, 3.05) is 18.4 Å². The molecule has 1 aliphatic heterocycles. The predicted octanol–water partition coefficient (Wildman–Crippen LogP) is 3.30. The van der Waals surface area contributed by atoms with Gasteiger partial charge in [0.05, 0.1) is 10.0 Å². The van der Waals surface area contributed by atoms with Crippen LogP contribution in [0.25, 0.3) is 0 Å². The fourth-order valence-electron chi connectivity index (χ4n) is 1.84. The molecule has 88 valence electrons. The molecule has 0 spiro atoms. The van der Waals surface area contributed by atoms with Crippen LogP contribution in [-0.4, -0.2) is 19.1 Å². The molecule has 1 aromatic rings. The standard InChI is InChI=1S/C11H13Cl2FN2/c12-9-5-8(6-10(13)11(9)14)16-7-1-3-15-4-2-7/h5-7,15-16H,1-4H2. The Balaban J connectivity index is 2.09. The van der Waals surface area contributed by atoms with E-state index in [1.54, 1.807) is 12.1 Å². The summed E-state index contributed by atoms with van der Waals surface area (Å²) in [6.07, 6.45) is 2.10. The molecule has 0 saturated carbocycles. The third-order valence-electron chi connectivity index (χ3n) is 2.69. The Kier molecular flexibility index (Phi) is 3.90. The second-order valence-electron chi connectivity index (χ2n) is 3.92. The van der Waals surface area contributed by atoms with E-state index in [9.17, 15) is 4.39 Å². The molecule has 1 aromatic carbocycles. The molecule has 2 nitrogen and oxygen atoms in total. The van der Waals surface area contributed by atoms with E-state index in [4.69, 9.17) is 23.2 Å². The van der Waals surface area contributed by atoms with E-state index in [0.29, 0.717) is 6.04 Å². The maximum Gasteiger partial charge on any atom is 0.160 e. The van der Waals surface area contributed by atoms with Gasteiger partial charge in [0, 0.05) is 11.7 Å². The van der Waals surface area contributed by atoms with E-state index in [0.717, 1.165) is 31.6 Å². The van der Waals surface area contributed by atoms with Crippen molar-refractivity contribution in [3.8, 4) is 0 Å². The topological polar surface area (TPSA) is 24.1 Å². The first-order valence-electron chi connectivity index (χ1n) is 5.28. The summed E-state index contributed by atoms with van der Waals surface area (Å²) in [5, 5.41) is 6.71. The third-order valence-corrected chi connectivity index (χ3v) is 3.24. The first-order valence-corrected chi connectivity index (χ1v) is 6.04. The fraction of sp³-hybridized carbons (Fsp3) is 0.455. The van der Waals surface area contributed by atoms with Gasteiger partial charge in [-0.15, -0.1) is 0 Å². The third kappa shape index (κ3) is 2.78. The summed E-state index contributed by atoms with van der Waals surface area (Å²) in [5.41, 5.74) is 0.781. The number of anilines is 1. The molecule has 5 heteroatoms. The quantitative estimate of drug-likeness (QED) is 0.800. The second kappa shape index (κ2) is 5.21. The van der Waals surface area contributed by atoms with Gasteiger partial charge in [-0.3, -0.25) is 0 Å². The summed E-state index contributed by atoms with van der Waals surface area (Å²) < 4.78 is 13.2. The molecule has 1 heterocycles. The van der Waals surface area contributed by atoms with Crippen LogP contribution in [0.1, 0.15) is 12.8 Å². The monoisotopic (exact) mass is 262 g/mol. The molecule has 2 N–H and O–H groups in total. The first-order chi connectivity index (χ1) is 7.66. The molecular formula is C11H13Cl2FN2. The van der Waals surface area contributed by atoms with Gasteiger partial charge in [-0.05, 0) is 38.1 Å². The van der Waals surface area contributed by atoms with E-state index in [-0.39, 0.29) is 10.0 Å². The van der Waals surface area contributed by atoms with E-state index >= 15 is 0 Å². The highest BCUT2D eigenvalue weighted by molar-refractivity contribution is 6.35. The molecule has 0 bridgehead atoms. The number of piperidine rings is 1. The average molecular weight is 263 g/mol. The molecular weight excluding hydrogens is 250 g/mol. The van der Waals surface area contributed by atoms with Gasteiger partial charge in [-0.2, -0.15) is 0 Å². The van der Waals surface area contributed by atoms with E-state index in [1.165, 1.54) is 0 Å². The molecule has 2 rings (SSSR count). The Bertz CT molecular complexity index is 355. The van der Waals surface area contributed by atoms with Crippen LogP contribution in [-0.2, 0) is 0 Å². The SMILES string of the molecule is Fc1c(Cl)cc(NC2CCNCC2)cc1Cl. The van der Waals surface area contributed by atoms with Gasteiger partial charge < -0.3 is 10.6 Å². The van der Waals surface area contributed by atoms with Crippen LogP contribution in [0.15, 0.2) is 12.1 Å². The minimum atomic E-state index is -0.556. The fourth-order valence-corrected chi connectivity index (χ4v) is 2.33. The highest BCUT2D eigenvalue weighted by Gasteiger charge is 2.14. The van der Waals surface area contributed by atoms with Gasteiger partial charge >= 0.3 is 0 Å².